The number of methoxy groups -OCH3 is 1. The van der Waals surface area contributed by atoms with Gasteiger partial charge in [-0.05, 0) is 24.6 Å². The number of amides is 1. The summed E-state index contributed by atoms with van der Waals surface area (Å²) in [7, 11) is 1.34. The summed E-state index contributed by atoms with van der Waals surface area (Å²) in [6.45, 7) is 6.77. The lowest BCUT2D eigenvalue weighted by atomic mass is 10.1. The zero-order valence-electron chi connectivity index (χ0n) is 12.4. The first-order valence-corrected chi connectivity index (χ1v) is 6.72. The van der Waals surface area contributed by atoms with Crippen LogP contribution >= 0.6 is 0 Å². The largest absolute Gasteiger partial charge is 0.465 e. The van der Waals surface area contributed by atoms with E-state index >= 15 is 0 Å². The molecule has 1 aliphatic rings. The van der Waals surface area contributed by atoms with Crippen molar-refractivity contribution in [1.82, 2.24) is 4.90 Å². The van der Waals surface area contributed by atoms with Crippen molar-refractivity contribution in [3.8, 4) is 0 Å². The number of carbonyl (C=O) groups excluding carboxylic acids is 2. The van der Waals surface area contributed by atoms with E-state index in [4.69, 9.17) is 4.74 Å². The average molecular weight is 279 g/mol. The summed E-state index contributed by atoms with van der Waals surface area (Å²) in [5.41, 5.74) is 1.36. The molecule has 20 heavy (non-hydrogen) atoms. The van der Waals surface area contributed by atoms with Gasteiger partial charge in [-0.15, -0.1) is 0 Å². The molecule has 0 aliphatic carbocycles. The van der Waals surface area contributed by atoms with Gasteiger partial charge in [-0.2, -0.15) is 0 Å². The van der Waals surface area contributed by atoms with Crippen molar-refractivity contribution in [2.45, 2.75) is 33.4 Å². The predicted molar refractivity (Wildman–Crippen MR) is 75.5 cm³/mol. The van der Waals surface area contributed by atoms with Crippen LogP contribution in [-0.2, 0) is 16.0 Å². The lowest BCUT2D eigenvalue weighted by Gasteiger charge is -2.18. The van der Waals surface area contributed by atoms with E-state index in [0.29, 0.717) is 18.7 Å². The van der Waals surface area contributed by atoms with E-state index in [1.165, 1.54) is 7.11 Å². The third-order valence-electron chi connectivity index (χ3n) is 2.92. The Morgan fingerprint density at radius 3 is 2.70 bits per heavy atom. The molecule has 0 saturated carbocycles. The molecule has 5 nitrogen and oxygen atoms in total. The molecule has 0 bridgehead atoms. The van der Waals surface area contributed by atoms with Gasteiger partial charge < -0.3 is 9.47 Å². The van der Waals surface area contributed by atoms with Crippen molar-refractivity contribution in [2.24, 2.45) is 0 Å². The van der Waals surface area contributed by atoms with Gasteiger partial charge in [0.05, 0.1) is 18.7 Å². The second-order valence-corrected chi connectivity index (χ2v) is 4.25. The molecule has 0 spiro atoms. The molecular formula is C15H21NO4. The van der Waals surface area contributed by atoms with Gasteiger partial charge in [0.25, 0.3) is 0 Å². The standard InChI is InChI=1S/C13H15NO4.C2H6/c1-9-8-18-13(16)14(9)7-10-4-3-5-11(6-10)12(15)17-2;1-2/h3-6,9H,7-8H2,1-2H3;1-2H3. The Kier molecular flexibility index (Phi) is 6.03. The number of esters is 1. The van der Waals surface area contributed by atoms with Gasteiger partial charge in [-0.3, -0.25) is 4.90 Å². The molecule has 1 heterocycles. The van der Waals surface area contributed by atoms with Crippen molar-refractivity contribution in [1.29, 1.82) is 0 Å². The van der Waals surface area contributed by atoms with Gasteiger partial charge in [-0.1, -0.05) is 26.0 Å². The van der Waals surface area contributed by atoms with Crippen LogP contribution in [0.4, 0.5) is 4.79 Å². The van der Waals surface area contributed by atoms with Crippen LogP contribution in [0, 0.1) is 0 Å². The summed E-state index contributed by atoms with van der Waals surface area (Å²) in [4.78, 5) is 24.5. The SMILES string of the molecule is CC.COC(=O)c1cccc(CN2C(=O)OCC2C)c1. The number of cyclic esters (lactones) is 1. The Morgan fingerprint density at radius 1 is 1.45 bits per heavy atom. The van der Waals surface area contributed by atoms with E-state index in [0.717, 1.165) is 5.56 Å². The Hall–Kier alpha value is -2.04. The summed E-state index contributed by atoms with van der Waals surface area (Å²) < 4.78 is 9.60. The molecule has 1 fully saturated rings. The van der Waals surface area contributed by atoms with Crippen LogP contribution in [0.25, 0.3) is 0 Å². The normalized spacial score (nSPS) is 17.1. The fraction of sp³-hybridized carbons (Fsp3) is 0.467. The molecule has 2 rings (SSSR count). The molecule has 5 heteroatoms. The van der Waals surface area contributed by atoms with Crippen molar-refractivity contribution in [3.63, 3.8) is 0 Å². The Balaban J connectivity index is 0.000000956. The van der Waals surface area contributed by atoms with E-state index in [2.05, 4.69) is 4.74 Å². The van der Waals surface area contributed by atoms with Gasteiger partial charge in [0.15, 0.2) is 0 Å². The first kappa shape index (κ1) is 16.0. The first-order valence-electron chi connectivity index (χ1n) is 6.72. The lowest BCUT2D eigenvalue weighted by Crippen LogP contribution is -2.30. The van der Waals surface area contributed by atoms with Crippen LogP contribution in [0.1, 0.15) is 36.7 Å². The second-order valence-electron chi connectivity index (χ2n) is 4.25. The van der Waals surface area contributed by atoms with E-state index < -0.39 is 0 Å². The fourth-order valence-electron chi connectivity index (χ4n) is 1.88. The maximum Gasteiger partial charge on any atom is 0.410 e. The maximum atomic E-state index is 11.5. The minimum absolute atomic E-state index is 0.0549. The molecule has 110 valence electrons. The van der Waals surface area contributed by atoms with Crippen molar-refractivity contribution in [2.75, 3.05) is 13.7 Å². The summed E-state index contributed by atoms with van der Waals surface area (Å²) in [6, 6.07) is 7.10. The number of benzene rings is 1. The Morgan fingerprint density at radius 2 is 2.15 bits per heavy atom. The Bertz CT molecular complexity index is 473. The van der Waals surface area contributed by atoms with Crippen LogP contribution in [-0.4, -0.2) is 36.7 Å². The zero-order chi connectivity index (χ0) is 15.1. The van der Waals surface area contributed by atoms with Crippen molar-refractivity contribution < 1.29 is 19.1 Å². The van der Waals surface area contributed by atoms with Gasteiger partial charge in [0, 0.05) is 6.54 Å². The highest BCUT2D eigenvalue weighted by atomic mass is 16.6. The summed E-state index contributed by atoms with van der Waals surface area (Å²) in [5.74, 6) is -0.381. The van der Waals surface area contributed by atoms with E-state index in [-0.39, 0.29) is 18.1 Å². The lowest BCUT2D eigenvalue weighted by molar-refractivity contribution is 0.0600. The van der Waals surface area contributed by atoms with Crippen molar-refractivity contribution >= 4 is 12.1 Å². The minimum atomic E-state index is -0.381. The molecule has 0 radical (unpaired) electrons. The maximum absolute atomic E-state index is 11.5. The number of rotatable bonds is 3. The number of hydrogen-bond donors (Lipinski definition) is 0. The number of hydrogen-bond acceptors (Lipinski definition) is 4. The van der Waals surface area contributed by atoms with Crippen molar-refractivity contribution in [3.05, 3.63) is 35.4 Å². The molecule has 0 aromatic heterocycles. The van der Waals surface area contributed by atoms with Crippen LogP contribution in [0.15, 0.2) is 24.3 Å². The fourth-order valence-corrected chi connectivity index (χ4v) is 1.88. The van der Waals surface area contributed by atoms with Crippen LogP contribution in [0.2, 0.25) is 0 Å². The number of ether oxygens (including phenoxy) is 2. The molecule has 1 aromatic rings. The summed E-state index contributed by atoms with van der Waals surface area (Å²) in [6.07, 6.45) is -0.314. The highest BCUT2D eigenvalue weighted by molar-refractivity contribution is 5.89. The van der Waals surface area contributed by atoms with Gasteiger partial charge in [0.1, 0.15) is 6.61 Å². The topological polar surface area (TPSA) is 55.8 Å². The zero-order valence-corrected chi connectivity index (χ0v) is 12.4. The molecule has 1 aromatic carbocycles. The quantitative estimate of drug-likeness (QED) is 0.798. The minimum Gasteiger partial charge on any atom is -0.465 e. The number of nitrogens with zero attached hydrogens (tertiary/aromatic N) is 1. The van der Waals surface area contributed by atoms with Gasteiger partial charge >= 0.3 is 12.1 Å². The van der Waals surface area contributed by atoms with Crippen LogP contribution in [0.5, 0.6) is 0 Å². The molecule has 1 aliphatic heterocycles. The first-order chi connectivity index (χ1) is 9.61. The third-order valence-corrected chi connectivity index (χ3v) is 2.92. The highest BCUT2D eigenvalue weighted by Gasteiger charge is 2.29. The third kappa shape index (κ3) is 3.73. The van der Waals surface area contributed by atoms with E-state index in [1.807, 2.05) is 26.8 Å². The number of carbonyl (C=O) groups is 2. The molecular weight excluding hydrogens is 258 g/mol. The molecule has 1 unspecified atom stereocenters. The molecule has 1 amide bonds. The smallest absolute Gasteiger partial charge is 0.410 e. The summed E-state index contributed by atoms with van der Waals surface area (Å²) in [5, 5.41) is 0. The molecule has 1 saturated heterocycles. The van der Waals surface area contributed by atoms with Gasteiger partial charge in [-0.25, -0.2) is 9.59 Å². The summed E-state index contributed by atoms with van der Waals surface area (Å²) >= 11 is 0. The monoisotopic (exact) mass is 279 g/mol. The highest BCUT2D eigenvalue weighted by Crippen LogP contribution is 2.17. The van der Waals surface area contributed by atoms with E-state index in [9.17, 15) is 9.59 Å². The Labute approximate surface area is 119 Å². The van der Waals surface area contributed by atoms with Gasteiger partial charge in [0.2, 0.25) is 0 Å². The second kappa shape index (κ2) is 7.53. The average Bonchev–Trinajstić information content (AvgIpc) is 2.80. The molecule has 0 N–H and O–H groups in total. The van der Waals surface area contributed by atoms with Crippen LogP contribution in [0.3, 0.4) is 0 Å². The molecule has 1 atom stereocenters. The van der Waals surface area contributed by atoms with Crippen LogP contribution < -0.4 is 0 Å². The van der Waals surface area contributed by atoms with E-state index in [1.54, 1.807) is 23.1 Å². The predicted octanol–water partition coefficient (Wildman–Crippen LogP) is 2.84.